The van der Waals surface area contributed by atoms with Crippen molar-refractivity contribution in [2.24, 2.45) is 11.8 Å². The zero-order chi connectivity index (χ0) is 18.8. The maximum Gasteiger partial charge on any atom is 0.318 e. The second kappa shape index (κ2) is 7.82. The first-order chi connectivity index (χ1) is 12.4. The molecule has 0 aliphatic heterocycles. The van der Waals surface area contributed by atoms with Crippen LogP contribution in [0.2, 0.25) is 0 Å². The van der Waals surface area contributed by atoms with Crippen molar-refractivity contribution in [1.82, 2.24) is 9.55 Å². The highest BCUT2D eigenvalue weighted by Gasteiger charge is 2.32. The minimum absolute atomic E-state index is 0.0129. The van der Waals surface area contributed by atoms with E-state index in [-0.39, 0.29) is 17.6 Å². The summed E-state index contributed by atoms with van der Waals surface area (Å²) in [4.78, 5) is 30.0. The summed E-state index contributed by atoms with van der Waals surface area (Å²) in [6.07, 6.45) is 3.26. The van der Waals surface area contributed by atoms with Crippen LogP contribution in [0.15, 0.2) is 34.2 Å². The van der Waals surface area contributed by atoms with Crippen molar-refractivity contribution in [3.63, 3.8) is 0 Å². The number of carbonyl (C=O) groups excluding carboxylic acids is 1. The molecular formula is C20H26N2O3S. The van der Waals surface area contributed by atoms with Gasteiger partial charge in [0.1, 0.15) is 5.25 Å². The van der Waals surface area contributed by atoms with Crippen LogP contribution in [0.1, 0.15) is 46.1 Å². The number of rotatable bonds is 4. The standard InChI is InChI=1S/C20H26N2O3S/c1-12-8-7-11-17(13(12)2)22-18(23)15-9-5-6-10-16(15)21-20(22)26-14(3)19(24)25-4/h5-6,9-10,12-14,17H,7-8,11H2,1-4H3/t12-,13-,14+,17-/m1/s1. The lowest BCUT2D eigenvalue weighted by Crippen LogP contribution is -2.35. The van der Waals surface area contributed by atoms with Gasteiger partial charge in [-0.2, -0.15) is 0 Å². The molecule has 0 saturated heterocycles. The fourth-order valence-corrected chi connectivity index (χ4v) is 4.78. The molecule has 1 heterocycles. The van der Waals surface area contributed by atoms with E-state index < -0.39 is 5.25 Å². The molecule has 1 aromatic heterocycles. The fraction of sp³-hybridized carbons (Fsp3) is 0.550. The molecule has 0 amide bonds. The van der Waals surface area contributed by atoms with Crippen LogP contribution in [0.4, 0.5) is 0 Å². The molecule has 4 atom stereocenters. The number of aromatic nitrogens is 2. The molecule has 2 aromatic rings. The summed E-state index contributed by atoms with van der Waals surface area (Å²) < 4.78 is 6.69. The predicted molar refractivity (Wildman–Crippen MR) is 105 cm³/mol. The van der Waals surface area contributed by atoms with Gasteiger partial charge in [0.25, 0.3) is 5.56 Å². The smallest absolute Gasteiger partial charge is 0.318 e. The van der Waals surface area contributed by atoms with Gasteiger partial charge in [-0.25, -0.2) is 4.98 Å². The normalized spacial score (nSPS) is 24.4. The van der Waals surface area contributed by atoms with Crippen LogP contribution >= 0.6 is 11.8 Å². The minimum atomic E-state index is -0.421. The Morgan fingerprint density at radius 1 is 1.31 bits per heavy atom. The molecule has 140 valence electrons. The van der Waals surface area contributed by atoms with Gasteiger partial charge < -0.3 is 4.74 Å². The first-order valence-corrected chi connectivity index (χ1v) is 10.1. The van der Waals surface area contributed by atoms with Crippen LogP contribution in [0.25, 0.3) is 10.9 Å². The SMILES string of the molecule is COC(=O)[C@H](C)Sc1nc2ccccc2c(=O)n1[C@@H]1CCC[C@@H](C)[C@H]1C. The second-order valence-electron chi connectivity index (χ2n) is 7.20. The lowest BCUT2D eigenvalue weighted by atomic mass is 9.78. The molecule has 1 aliphatic carbocycles. The van der Waals surface area contributed by atoms with E-state index in [4.69, 9.17) is 9.72 Å². The van der Waals surface area contributed by atoms with Crippen molar-refractivity contribution in [3.05, 3.63) is 34.6 Å². The highest BCUT2D eigenvalue weighted by molar-refractivity contribution is 8.00. The summed E-state index contributed by atoms with van der Waals surface area (Å²) in [7, 11) is 1.38. The fourth-order valence-electron chi connectivity index (χ4n) is 3.79. The number of fused-ring (bicyclic) bond motifs is 1. The summed E-state index contributed by atoms with van der Waals surface area (Å²) >= 11 is 1.31. The van der Waals surface area contributed by atoms with Gasteiger partial charge in [-0.15, -0.1) is 0 Å². The third-order valence-electron chi connectivity index (χ3n) is 5.59. The average molecular weight is 375 g/mol. The van der Waals surface area contributed by atoms with Crippen LogP contribution in [0.5, 0.6) is 0 Å². The third-order valence-corrected chi connectivity index (χ3v) is 6.63. The molecule has 26 heavy (non-hydrogen) atoms. The van der Waals surface area contributed by atoms with Crippen molar-refractivity contribution >= 4 is 28.6 Å². The molecule has 6 heteroatoms. The summed E-state index contributed by atoms with van der Waals surface area (Å²) in [6.45, 7) is 6.25. The van der Waals surface area contributed by atoms with Gasteiger partial charge in [-0.05, 0) is 37.3 Å². The van der Waals surface area contributed by atoms with Crippen molar-refractivity contribution in [2.45, 2.75) is 56.5 Å². The zero-order valence-corrected chi connectivity index (χ0v) is 16.6. The number of para-hydroxylation sites is 1. The van der Waals surface area contributed by atoms with E-state index in [0.717, 1.165) is 12.8 Å². The van der Waals surface area contributed by atoms with E-state index >= 15 is 0 Å². The Morgan fingerprint density at radius 2 is 2.04 bits per heavy atom. The van der Waals surface area contributed by atoms with E-state index in [9.17, 15) is 9.59 Å². The maximum absolute atomic E-state index is 13.3. The predicted octanol–water partition coefficient (Wildman–Crippen LogP) is 4.05. The number of thioether (sulfide) groups is 1. The molecule has 0 spiro atoms. The van der Waals surface area contributed by atoms with Crippen molar-refractivity contribution < 1.29 is 9.53 Å². The molecule has 1 aliphatic rings. The van der Waals surface area contributed by atoms with Gasteiger partial charge in [-0.3, -0.25) is 14.2 Å². The molecule has 1 saturated carbocycles. The Bertz CT molecular complexity index is 864. The number of carbonyl (C=O) groups is 1. The Morgan fingerprint density at radius 3 is 2.77 bits per heavy atom. The number of benzene rings is 1. The molecule has 0 unspecified atom stereocenters. The largest absolute Gasteiger partial charge is 0.468 e. The van der Waals surface area contributed by atoms with E-state index in [1.54, 1.807) is 6.92 Å². The van der Waals surface area contributed by atoms with Crippen molar-refractivity contribution in [1.29, 1.82) is 0 Å². The number of nitrogens with zero attached hydrogens (tertiary/aromatic N) is 2. The molecule has 5 nitrogen and oxygen atoms in total. The Labute approximate surface area is 158 Å². The lowest BCUT2D eigenvalue weighted by molar-refractivity contribution is -0.139. The third kappa shape index (κ3) is 3.52. The monoisotopic (exact) mass is 374 g/mol. The van der Waals surface area contributed by atoms with E-state index in [1.165, 1.54) is 25.3 Å². The zero-order valence-electron chi connectivity index (χ0n) is 15.8. The molecule has 0 radical (unpaired) electrons. The average Bonchev–Trinajstić information content (AvgIpc) is 2.64. The topological polar surface area (TPSA) is 61.2 Å². The van der Waals surface area contributed by atoms with Crippen LogP contribution < -0.4 is 5.56 Å². The number of hydrogen-bond donors (Lipinski definition) is 0. The van der Waals surface area contributed by atoms with Crippen LogP contribution in [0, 0.1) is 11.8 Å². The Kier molecular flexibility index (Phi) is 5.70. The van der Waals surface area contributed by atoms with Gasteiger partial charge in [-0.1, -0.05) is 50.6 Å². The van der Waals surface area contributed by atoms with Crippen LogP contribution in [-0.2, 0) is 9.53 Å². The molecule has 0 N–H and O–H groups in total. The first kappa shape index (κ1) is 19.0. The molecular weight excluding hydrogens is 348 g/mol. The van der Waals surface area contributed by atoms with Gasteiger partial charge in [0.05, 0.1) is 18.0 Å². The summed E-state index contributed by atoms with van der Waals surface area (Å²) in [6, 6.07) is 7.53. The van der Waals surface area contributed by atoms with Gasteiger partial charge in [0.2, 0.25) is 0 Å². The summed E-state index contributed by atoms with van der Waals surface area (Å²) in [5.74, 6) is 0.634. The number of esters is 1. The second-order valence-corrected chi connectivity index (χ2v) is 8.51. The number of hydrogen-bond acceptors (Lipinski definition) is 5. The van der Waals surface area contributed by atoms with E-state index in [1.807, 2.05) is 28.8 Å². The first-order valence-electron chi connectivity index (χ1n) is 9.19. The summed E-state index contributed by atoms with van der Waals surface area (Å²) in [5, 5.41) is 0.821. The Hall–Kier alpha value is -1.82. The van der Waals surface area contributed by atoms with Gasteiger partial charge >= 0.3 is 5.97 Å². The van der Waals surface area contributed by atoms with E-state index in [2.05, 4.69) is 13.8 Å². The maximum atomic E-state index is 13.3. The van der Waals surface area contributed by atoms with Crippen molar-refractivity contribution in [3.8, 4) is 0 Å². The minimum Gasteiger partial charge on any atom is -0.468 e. The highest BCUT2D eigenvalue weighted by atomic mass is 32.2. The lowest BCUT2D eigenvalue weighted by Gasteiger charge is -2.36. The Balaban J connectivity index is 2.14. The van der Waals surface area contributed by atoms with Crippen LogP contribution in [0.3, 0.4) is 0 Å². The molecule has 1 aromatic carbocycles. The van der Waals surface area contributed by atoms with E-state index in [0.29, 0.717) is 27.9 Å². The highest BCUT2D eigenvalue weighted by Crippen LogP contribution is 2.39. The molecule has 1 fully saturated rings. The quantitative estimate of drug-likeness (QED) is 0.459. The molecule has 3 rings (SSSR count). The molecule has 0 bridgehead atoms. The number of methoxy groups -OCH3 is 1. The van der Waals surface area contributed by atoms with Crippen LogP contribution in [-0.4, -0.2) is 27.9 Å². The van der Waals surface area contributed by atoms with Gasteiger partial charge in [0, 0.05) is 6.04 Å². The van der Waals surface area contributed by atoms with Crippen molar-refractivity contribution in [2.75, 3.05) is 7.11 Å². The van der Waals surface area contributed by atoms with Gasteiger partial charge in [0.15, 0.2) is 5.16 Å². The number of ether oxygens (including phenoxy) is 1. The summed E-state index contributed by atoms with van der Waals surface area (Å²) in [5.41, 5.74) is 0.658.